The van der Waals surface area contributed by atoms with E-state index < -0.39 is 5.54 Å². The smallest absolute Gasteiger partial charge is 0.262 e. The van der Waals surface area contributed by atoms with E-state index in [1.807, 2.05) is 6.07 Å². The van der Waals surface area contributed by atoms with Crippen LogP contribution in [-0.4, -0.2) is 47.3 Å². The maximum absolute atomic E-state index is 15.1. The number of aromatic nitrogens is 1. The lowest BCUT2D eigenvalue weighted by Gasteiger charge is -2.34. The number of ether oxygens (including phenoxy) is 1. The monoisotopic (exact) mass is 506 g/mol. The molecule has 3 aromatic rings. The Bertz CT molecular complexity index is 1310. The molecule has 0 amide bonds. The minimum Gasteiger partial charge on any atom is -0.491 e. The summed E-state index contributed by atoms with van der Waals surface area (Å²) in [6.45, 7) is 5.36. The Labute approximate surface area is 216 Å². The first-order valence-electron chi connectivity index (χ1n) is 13.4. The second kappa shape index (κ2) is 11.0. The van der Waals surface area contributed by atoms with Gasteiger partial charge in [0, 0.05) is 30.2 Å². The molecular weight excluding hydrogens is 471 g/mol. The molecule has 37 heavy (non-hydrogen) atoms. The molecule has 0 bridgehead atoms. The fraction of sp³-hybridized carbons (Fsp3) is 0.483. The number of hydrogen-bond acceptors (Lipinski definition) is 6. The molecule has 5 rings (SSSR count). The molecule has 2 aromatic carbocycles. The van der Waals surface area contributed by atoms with Crippen molar-refractivity contribution >= 4 is 16.5 Å². The molecule has 7 nitrogen and oxygen atoms in total. The highest BCUT2D eigenvalue weighted by atomic mass is 19.1. The van der Waals surface area contributed by atoms with E-state index in [2.05, 4.69) is 22.3 Å². The Kier molecular flexibility index (Phi) is 7.55. The Hall–Kier alpha value is -3.26. The third kappa shape index (κ3) is 5.39. The van der Waals surface area contributed by atoms with Crippen molar-refractivity contribution in [2.24, 2.45) is 5.18 Å². The fourth-order valence-corrected chi connectivity index (χ4v) is 5.46. The summed E-state index contributed by atoms with van der Waals surface area (Å²) in [5.74, 6) is 0.218. The van der Waals surface area contributed by atoms with Gasteiger partial charge in [-0.25, -0.2) is 4.39 Å². The van der Waals surface area contributed by atoms with Crippen molar-refractivity contribution in [2.45, 2.75) is 63.5 Å². The van der Waals surface area contributed by atoms with Gasteiger partial charge in [-0.2, -0.15) is 4.91 Å². The van der Waals surface area contributed by atoms with Crippen LogP contribution < -0.4 is 15.6 Å². The minimum absolute atomic E-state index is 0.230. The molecular formula is C29H35FN4O3. The average Bonchev–Trinajstić information content (AvgIpc) is 3.42. The van der Waals surface area contributed by atoms with Crippen LogP contribution in [0, 0.1) is 10.7 Å². The molecule has 196 valence electrons. The lowest BCUT2D eigenvalue weighted by atomic mass is 9.78. The molecule has 1 N–H and O–H groups in total. The van der Waals surface area contributed by atoms with Crippen LogP contribution in [0.4, 0.5) is 10.1 Å². The highest BCUT2D eigenvalue weighted by Gasteiger charge is 2.39. The van der Waals surface area contributed by atoms with E-state index in [1.165, 1.54) is 23.5 Å². The SMILES string of the molecule is CCCC(CNc1ccc(-n2ccc3cc(OCC4(N=O)CCC4)ccc3c2=O)cc1F)N1CCCC1. The lowest BCUT2D eigenvalue weighted by molar-refractivity contribution is 0.143. The maximum atomic E-state index is 15.1. The number of halogens is 1. The number of rotatable bonds is 11. The van der Waals surface area contributed by atoms with Gasteiger partial charge in [-0.05, 0) is 93.4 Å². The molecule has 1 aliphatic carbocycles. The Morgan fingerprint density at radius 1 is 1.11 bits per heavy atom. The van der Waals surface area contributed by atoms with Gasteiger partial charge in [0.25, 0.3) is 5.56 Å². The van der Waals surface area contributed by atoms with Crippen molar-refractivity contribution in [1.82, 2.24) is 9.47 Å². The molecule has 1 saturated carbocycles. The van der Waals surface area contributed by atoms with Crippen LogP contribution in [0.1, 0.15) is 51.9 Å². The van der Waals surface area contributed by atoms with Gasteiger partial charge in [0.1, 0.15) is 23.7 Å². The molecule has 2 aliphatic rings. The second-order valence-corrected chi connectivity index (χ2v) is 10.4. The van der Waals surface area contributed by atoms with Crippen LogP contribution in [0.5, 0.6) is 5.75 Å². The molecule has 0 spiro atoms. The van der Waals surface area contributed by atoms with Crippen molar-refractivity contribution in [3.63, 3.8) is 0 Å². The van der Waals surface area contributed by atoms with Crippen LogP contribution in [-0.2, 0) is 0 Å². The number of nitrogens with zero attached hydrogens (tertiary/aromatic N) is 3. The molecule has 2 heterocycles. The van der Waals surface area contributed by atoms with Gasteiger partial charge in [-0.15, -0.1) is 0 Å². The zero-order valence-corrected chi connectivity index (χ0v) is 21.4. The number of pyridine rings is 1. The Morgan fingerprint density at radius 3 is 2.59 bits per heavy atom. The van der Waals surface area contributed by atoms with Crippen LogP contribution >= 0.6 is 0 Å². The van der Waals surface area contributed by atoms with Gasteiger partial charge in [-0.3, -0.25) is 14.3 Å². The van der Waals surface area contributed by atoms with E-state index in [0.717, 1.165) is 50.6 Å². The number of hydrogen-bond donors (Lipinski definition) is 1. The Balaban J connectivity index is 1.30. The van der Waals surface area contributed by atoms with Crippen molar-refractivity contribution < 1.29 is 9.13 Å². The summed E-state index contributed by atoms with van der Waals surface area (Å²) >= 11 is 0. The largest absolute Gasteiger partial charge is 0.491 e. The summed E-state index contributed by atoms with van der Waals surface area (Å²) in [6.07, 6.45) is 8.78. The standard InChI is InChI=1S/C29H35FN4O3/c1-2-6-23(33-14-3-4-15-33)19-31-27-10-7-22(18-26(27)30)34-16-11-21-17-24(8-9-25(21)28(34)35)37-20-29(32-36)12-5-13-29/h7-11,16-18,23,31H,2-6,12-15,19-20H2,1H3. The van der Waals surface area contributed by atoms with E-state index in [9.17, 15) is 9.70 Å². The summed E-state index contributed by atoms with van der Waals surface area (Å²) < 4.78 is 22.3. The summed E-state index contributed by atoms with van der Waals surface area (Å²) in [6, 6.07) is 12.3. The van der Waals surface area contributed by atoms with Gasteiger partial charge in [0.05, 0.1) is 11.4 Å². The molecule has 0 radical (unpaired) electrons. The highest BCUT2D eigenvalue weighted by Crippen LogP contribution is 2.36. The second-order valence-electron chi connectivity index (χ2n) is 10.4. The van der Waals surface area contributed by atoms with E-state index >= 15 is 4.39 Å². The molecule has 1 aliphatic heterocycles. The first-order valence-corrected chi connectivity index (χ1v) is 13.4. The van der Waals surface area contributed by atoms with Crippen LogP contribution in [0.2, 0.25) is 0 Å². The molecule has 1 unspecified atom stereocenters. The quantitative estimate of drug-likeness (QED) is 0.329. The summed E-state index contributed by atoms with van der Waals surface area (Å²) in [5.41, 5.74) is 0.0815. The zero-order chi connectivity index (χ0) is 25.8. The minimum atomic E-state index is -0.617. The molecule has 1 atom stereocenters. The zero-order valence-electron chi connectivity index (χ0n) is 21.4. The number of nitroso groups, excluding NO2 is 1. The van der Waals surface area contributed by atoms with Gasteiger partial charge >= 0.3 is 0 Å². The van der Waals surface area contributed by atoms with Crippen molar-refractivity contribution in [3.05, 3.63) is 69.7 Å². The number of anilines is 1. The van der Waals surface area contributed by atoms with Crippen molar-refractivity contribution in [1.29, 1.82) is 0 Å². The van der Waals surface area contributed by atoms with Crippen LogP contribution in [0.25, 0.3) is 16.5 Å². The first-order chi connectivity index (χ1) is 18.0. The van der Waals surface area contributed by atoms with Crippen LogP contribution in [0.3, 0.4) is 0 Å². The van der Waals surface area contributed by atoms with Crippen molar-refractivity contribution in [2.75, 3.05) is 31.6 Å². The van der Waals surface area contributed by atoms with Gasteiger partial charge in [-0.1, -0.05) is 18.5 Å². The summed E-state index contributed by atoms with van der Waals surface area (Å²) in [5, 5.41) is 7.79. The van der Waals surface area contributed by atoms with Gasteiger partial charge < -0.3 is 10.1 Å². The first kappa shape index (κ1) is 25.4. The molecule has 8 heteroatoms. The third-order valence-electron chi connectivity index (χ3n) is 7.90. The Morgan fingerprint density at radius 2 is 1.92 bits per heavy atom. The molecule has 1 aromatic heterocycles. The molecule has 2 fully saturated rings. The number of likely N-dealkylation sites (tertiary alicyclic amines) is 1. The number of nitrogens with one attached hydrogen (secondary N) is 1. The van der Waals surface area contributed by atoms with E-state index in [-0.39, 0.29) is 18.0 Å². The number of benzene rings is 2. The van der Waals surface area contributed by atoms with Gasteiger partial charge in [0.2, 0.25) is 0 Å². The predicted octanol–water partition coefficient (Wildman–Crippen LogP) is 5.87. The van der Waals surface area contributed by atoms with E-state index in [4.69, 9.17) is 4.74 Å². The summed E-state index contributed by atoms with van der Waals surface area (Å²) in [4.78, 5) is 26.9. The van der Waals surface area contributed by atoms with E-state index in [0.29, 0.717) is 35.1 Å². The van der Waals surface area contributed by atoms with E-state index in [1.54, 1.807) is 36.5 Å². The average molecular weight is 507 g/mol. The third-order valence-corrected chi connectivity index (χ3v) is 7.90. The topological polar surface area (TPSA) is 75.9 Å². The van der Waals surface area contributed by atoms with Gasteiger partial charge in [0.15, 0.2) is 0 Å². The lowest BCUT2D eigenvalue weighted by Crippen LogP contribution is -2.40. The van der Waals surface area contributed by atoms with Crippen LogP contribution in [0.15, 0.2) is 58.6 Å². The highest BCUT2D eigenvalue weighted by molar-refractivity contribution is 5.83. The normalized spacial score (nSPS) is 17.9. The number of fused-ring (bicyclic) bond motifs is 1. The maximum Gasteiger partial charge on any atom is 0.262 e. The summed E-state index contributed by atoms with van der Waals surface area (Å²) in [7, 11) is 0. The molecule has 1 saturated heterocycles. The predicted molar refractivity (Wildman–Crippen MR) is 145 cm³/mol. The van der Waals surface area contributed by atoms with Crippen molar-refractivity contribution in [3.8, 4) is 11.4 Å². The fourth-order valence-electron chi connectivity index (χ4n) is 5.46.